The van der Waals surface area contributed by atoms with Crippen LogP contribution in [0.1, 0.15) is 24.2 Å². The second-order valence-electron chi connectivity index (χ2n) is 4.09. The van der Waals surface area contributed by atoms with E-state index in [1.54, 1.807) is 13.2 Å². The molecule has 114 valence electrons. The standard InChI is InChI=1S/C13H16N2O5S/c1-4-14-12(16)8(2)20-13(17)9-5-6-11(21-3)10(7-9)15(18)19/h5-8H,4H2,1-3H3,(H,14,16)/t8-/m0/s1. The predicted octanol–water partition coefficient (Wildman–Crippen LogP) is 2.00. The Hall–Kier alpha value is -2.09. The minimum absolute atomic E-state index is 0.0376. The lowest BCUT2D eigenvalue weighted by molar-refractivity contribution is -0.387. The average molecular weight is 312 g/mol. The minimum Gasteiger partial charge on any atom is -0.449 e. The Labute approximate surface area is 126 Å². The van der Waals surface area contributed by atoms with E-state index >= 15 is 0 Å². The Bertz CT molecular complexity index is 561. The molecule has 1 atom stereocenters. The van der Waals surface area contributed by atoms with E-state index in [4.69, 9.17) is 4.74 Å². The van der Waals surface area contributed by atoms with E-state index in [0.29, 0.717) is 11.4 Å². The Kier molecular flexibility index (Phi) is 6.16. The zero-order chi connectivity index (χ0) is 16.0. The number of ether oxygens (including phenoxy) is 1. The van der Waals surface area contributed by atoms with Gasteiger partial charge in [0.2, 0.25) is 0 Å². The third-order valence-corrected chi connectivity index (χ3v) is 3.40. The lowest BCUT2D eigenvalue weighted by Crippen LogP contribution is -2.35. The van der Waals surface area contributed by atoms with Gasteiger partial charge in [0.25, 0.3) is 11.6 Å². The number of hydrogen-bond donors (Lipinski definition) is 1. The van der Waals surface area contributed by atoms with Crippen LogP contribution in [0.15, 0.2) is 23.1 Å². The summed E-state index contributed by atoms with van der Waals surface area (Å²) in [5.74, 6) is -1.19. The van der Waals surface area contributed by atoms with E-state index in [9.17, 15) is 19.7 Å². The fourth-order valence-electron chi connectivity index (χ4n) is 1.56. The molecule has 0 aliphatic rings. The van der Waals surface area contributed by atoms with Gasteiger partial charge >= 0.3 is 5.97 Å². The van der Waals surface area contributed by atoms with Gasteiger partial charge in [0, 0.05) is 12.6 Å². The van der Waals surface area contributed by atoms with Gasteiger partial charge in [-0.25, -0.2) is 4.79 Å². The average Bonchev–Trinajstić information content (AvgIpc) is 2.46. The van der Waals surface area contributed by atoms with Gasteiger partial charge in [-0.15, -0.1) is 11.8 Å². The largest absolute Gasteiger partial charge is 0.449 e. The fraction of sp³-hybridized carbons (Fsp3) is 0.385. The van der Waals surface area contributed by atoms with Gasteiger partial charge in [0.05, 0.1) is 15.4 Å². The molecule has 7 nitrogen and oxygen atoms in total. The van der Waals surface area contributed by atoms with Crippen molar-refractivity contribution in [1.82, 2.24) is 5.32 Å². The summed E-state index contributed by atoms with van der Waals surface area (Å²) < 4.78 is 4.98. The van der Waals surface area contributed by atoms with Gasteiger partial charge in [0.15, 0.2) is 6.10 Å². The molecule has 1 N–H and O–H groups in total. The molecule has 0 spiro atoms. The van der Waals surface area contributed by atoms with Gasteiger partial charge < -0.3 is 10.1 Å². The van der Waals surface area contributed by atoms with E-state index in [1.807, 2.05) is 0 Å². The number of nitrogens with one attached hydrogen (secondary N) is 1. The van der Waals surface area contributed by atoms with Gasteiger partial charge in [-0.3, -0.25) is 14.9 Å². The smallest absolute Gasteiger partial charge is 0.339 e. The number of likely N-dealkylation sites (N-methyl/N-ethyl adjacent to an activating group) is 1. The Morgan fingerprint density at radius 2 is 2.14 bits per heavy atom. The molecule has 0 radical (unpaired) electrons. The lowest BCUT2D eigenvalue weighted by Gasteiger charge is -2.12. The van der Waals surface area contributed by atoms with Crippen molar-refractivity contribution in [2.24, 2.45) is 0 Å². The first-order chi connectivity index (χ1) is 9.90. The Balaban J connectivity index is 2.90. The van der Waals surface area contributed by atoms with E-state index in [-0.39, 0.29) is 11.3 Å². The maximum Gasteiger partial charge on any atom is 0.339 e. The summed E-state index contributed by atoms with van der Waals surface area (Å²) in [7, 11) is 0. The zero-order valence-corrected chi connectivity index (χ0v) is 12.7. The summed E-state index contributed by atoms with van der Waals surface area (Å²) in [6.07, 6.45) is 0.744. The highest BCUT2D eigenvalue weighted by Gasteiger charge is 2.21. The van der Waals surface area contributed by atoms with Gasteiger partial charge in [-0.2, -0.15) is 0 Å². The molecule has 21 heavy (non-hydrogen) atoms. The molecule has 0 saturated carbocycles. The maximum atomic E-state index is 11.9. The fourth-order valence-corrected chi connectivity index (χ4v) is 2.11. The second-order valence-corrected chi connectivity index (χ2v) is 4.93. The number of rotatable bonds is 6. The molecule has 0 saturated heterocycles. The number of nitro groups is 1. The summed E-state index contributed by atoms with van der Waals surface area (Å²) in [6, 6.07) is 4.07. The predicted molar refractivity (Wildman–Crippen MR) is 78.4 cm³/mol. The molecule has 0 fully saturated rings. The minimum atomic E-state index is -0.961. The number of carbonyl (C=O) groups is 2. The van der Waals surface area contributed by atoms with Crippen LogP contribution in [-0.4, -0.2) is 35.7 Å². The van der Waals surface area contributed by atoms with Crippen molar-refractivity contribution in [2.45, 2.75) is 24.8 Å². The first kappa shape index (κ1) is 17.0. The Morgan fingerprint density at radius 3 is 2.67 bits per heavy atom. The molecule has 1 aromatic carbocycles. The molecule has 0 bridgehead atoms. The van der Waals surface area contributed by atoms with Crippen LogP contribution in [0.5, 0.6) is 0 Å². The molecule has 0 aliphatic carbocycles. The van der Waals surface area contributed by atoms with E-state index < -0.39 is 22.9 Å². The van der Waals surface area contributed by atoms with Crippen molar-refractivity contribution in [2.75, 3.05) is 12.8 Å². The number of nitro benzene ring substituents is 1. The summed E-state index contributed by atoms with van der Waals surface area (Å²) in [6.45, 7) is 3.61. The van der Waals surface area contributed by atoms with E-state index in [2.05, 4.69) is 5.32 Å². The van der Waals surface area contributed by atoms with Gasteiger partial charge in [-0.1, -0.05) is 0 Å². The first-order valence-corrected chi connectivity index (χ1v) is 7.44. The number of thioether (sulfide) groups is 1. The van der Waals surface area contributed by atoms with Crippen LogP contribution < -0.4 is 5.32 Å². The van der Waals surface area contributed by atoms with Crippen molar-refractivity contribution < 1.29 is 19.2 Å². The van der Waals surface area contributed by atoms with Crippen molar-refractivity contribution in [3.8, 4) is 0 Å². The summed E-state index contributed by atoms with van der Waals surface area (Å²) in [4.78, 5) is 34.2. The summed E-state index contributed by atoms with van der Waals surface area (Å²) >= 11 is 1.21. The van der Waals surface area contributed by atoms with E-state index in [0.717, 1.165) is 6.07 Å². The molecule has 0 aromatic heterocycles. The molecule has 0 aliphatic heterocycles. The molecule has 1 amide bonds. The normalized spacial score (nSPS) is 11.6. The molecule has 8 heteroatoms. The van der Waals surface area contributed by atoms with Gasteiger partial charge in [-0.05, 0) is 32.2 Å². The summed E-state index contributed by atoms with van der Waals surface area (Å²) in [5.41, 5.74) is -0.127. The molecule has 0 unspecified atom stereocenters. The zero-order valence-electron chi connectivity index (χ0n) is 11.9. The van der Waals surface area contributed by atoms with Crippen LogP contribution in [-0.2, 0) is 9.53 Å². The van der Waals surface area contributed by atoms with Crippen LogP contribution in [0, 0.1) is 10.1 Å². The monoisotopic (exact) mass is 312 g/mol. The number of hydrogen-bond acceptors (Lipinski definition) is 6. The van der Waals surface area contributed by atoms with Gasteiger partial charge in [0.1, 0.15) is 0 Å². The number of amides is 1. The number of benzene rings is 1. The SMILES string of the molecule is CCNC(=O)[C@H](C)OC(=O)c1ccc(SC)c([N+](=O)[O-])c1. The number of carbonyl (C=O) groups excluding carboxylic acids is 2. The van der Waals surface area contributed by atoms with Crippen LogP contribution >= 0.6 is 11.8 Å². The Morgan fingerprint density at radius 1 is 1.48 bits per heavy atom. The maximum absolute atomic E-state index is 11.9. The molecule has 0 heterocycles. The van der Waals surface area contributed by atoms with Crippen molar-refractivity contribution in [1.29, 1.82) is 0 Å². The first-order valence-electron chi connectivity index (χ1n) is 6.21. The molecule has 1 rings (SSSR count). The van der Waals surface area contributed by atoms with Crippen LogP contribution in [0.2, 0.25) is 0 Å². The number of nitrogens with zero attached hydrogens (tertiary/aromatic N) is 1. The lowest BCUT2D eigenvalue weighted by atomic mass is 10.2. The van der Waals surface area contributed by atoms with E-state index in [1.165, 1.54) is 30.8 Å². The quantitative estimate of drug-likeness (QED) is 0.373. The third-order valence-electron chi connectivity index (χ3n) is 2.62. The van der Waals surface area contributed by atoms with Crippen molar-refractivity contribution in [3.63, 3.8) is 0 Å². The van der Waals surface area contributed by atoms with Crippen LogP contribution in [0.25, 0.3) is 0 Å². The highest BCUT2D eigenvalue weighted by Crippen LogP contribution is 2.28. The molecular weight excluding hydrogens is 296 g/mol. The third kappa shape index (κ3) is 4.45. The highest BCUT2D eigenvalue weighted by molar-refractivity contribution is 7.98. The second kappa shape index (κ2) is 7.63. The molecule has 1 aromatic rings. The van der Waals surface area contributed by atoms with Crippen LogP contribution in [0.4, 0.5) is 5.69 Å². The van der Waals surface area contributed by atoms with Crippen LogP contribution in [0.3, 0.4) is 0 Å². The van der Waals surface area contributed by atoms with Crippen molar-refractivity contribution >= 4 is 29.3 Å². The molecular formula is C13H16N2O5S. The summed E-state index contributed by atoms with van der Waals surface area (Å²) in [5, 5.41) is 13.5. The topological polar surface area (TPSA) is 98.5 Å². The van der Waals surface area contributed by atoms with Crippen molar-refractivity contribution in [3.05, 3.63) is 33.9 Å². The number of esters is 1. The highest BCUT2D eigenvalue weighted by atomic mass is 32.2.